The van der Waals surface area contributed by atoms with Gasteiger partial charge in [0.2, 0.25) is 0 Å². The topological polar surface area (TPSA) is 92.0 Å². The Morgan fingerprint density at radius 1 is 1.20 bits per heavy atom. The van der Waals surface area contributed by atoms with Gasteiger partial charge in [-0.1, -0.05) is 27.3 Å². The summed E-state index contributed by atoms with van der Waals surface area (Å²) in [5.74, 6) is 0.512. The Hall–Kier alpha value is -3.24. The number of rotatable bonds is 7. The van der Waals surface area contributed by atoms with Gasteiger partial charge in [-0.3, -0.25) is 14.3 Å². The minimum Gasteiger partial charge on any atom is -0.493 e. The highest BCUT2D eigenvalue weighted by molar-refractivity contribution is 9.10. The fourth-order valence-corrected chi connectivity index (χ4v) is 5.47. The zero-order valence-electron chi connectivity index (χ0n) is 19.7. The van der Waals surface area contributed by atoms with Gasteiger partial charge in [0.15, 0.2) is 16.3 Å². The second kappa shape index (κ2) is 10.6. The highest BCUT2D eigenvalue weighted by atomic mass is 79.9. The molecule has 3 aromatic rings. The molecule has 0 saturated carbocycles. The molecule has 2 aromatic heterocycles. The van der Waals surface area contributed by atoms with E-state index in [1.807, 2.05) is 19.1 Å². The molecule has 1 aromatic carbocycles. The molecule has 1 aliphatic rings. The summed E-state index contributed by atoms with van der Waals surface area (Å²) in [6.45, 7) is 6.02. The maximum absolute atomic E-state index is 13.7. The van der Waals surface area contributed by atoms with E-state index in [0.717, 1.165) is 5.56 Å². The van der Waals surface area contributed by atoms with Crippen LogP contribution in [0.25, 0.3) is 6.08 Å². The van der Waals surface area contributed by atoms with Crippen molar-refractivity contribution in [3.63, 3.8) is 0 Å². The Kier molecular flexibility index (Phi) is 7.51. The summed E-state index contributed by atoms with van der Waals surface area (Å²) in [6.07, 6.45) is 5.12. The molecule has 35 heavy (non-hydrogen) atoms. The Bertz CT molecular complexity index is 1480. The minimum atomic E-state index is -0.774. The minimum absolute atomic E-state index is 0.197. The Labute approximate surface area is 214 Å². The van der Waals surface area contributed by atoms with Crippen LogP contribution in [0.2, 0.25) is 0 Å². The molecule has 0 amide bonds. The number of hydrogen-bond acceptors (Lipinski definition) is 8. The molecule has 0 aliphatic carbocycles. The van der Waals surface area contributed by atoms with Gasteiger partial charge < -0.3 is 14.2 Å². The average Bonchev–Trinajstić information content (AvgIpc) is 3.14. The smallest absolute Gasteiger partial charge is 0.338 e. The van der Waals surface area contributed by atoms with E-state index in [0.29, 0.717) is 48.7 Å². The normalized spacial score (nSPS) is 15.5. The van der Waals surface area contributed by atoms with Crippen molar-refractivity contribution in [1.29, 1.82) is 0 Å². The number of nitrogens with zero attached hydrogens (tertiary/aromatic N) is 3. The van der Waals surface area contributed by atoms with Crippen LogP contribution in [-0.4, -0.2) is 35.8 Å². The van der Waals surface area contributed by atoms with Crippen molar-refractivity contribution < 1.29 is 19.0 Å². The maximum Gasteiger partial charge on any atom is 0.338 e. The van der Waals surface area contributed by atoms with E-state index in [1.165, 1.54) is 15.9 Å². The lowest BCUT2D eigenvalue weighted by Gasteiger charge is -2.26. The zero-order valence-corrected chi connectivity index (χ0v) is 22.1. The summed E-state index contributed by atoms with van der Waals surface area (Å²) in [7, 11) is 1.54. The number of pyridine rings is 1. The number of fused-ring (bicyclic) bond motifs is 1. The number of carbonyl (C=O) groups excluding carboxylic acids is 1. The van der Waals surface area contributed by atoms with Gasteiger partial charge in [0.25, 0.3) is 5.56 Å². The van der Waals surface area contributed by atoms with Crippen LogP contribution in [-0.2, 0) is 9.53 Å². The van der Waals surface area contributed by atoms with E-state index in [-0.39, 0.29) is 12.2 Å². The predicted molar refractivity (Wildman–Crippen MR) is 136 cm³/mol. The lowest BCUT2D eigenvalue weighted by atomic mass is 9.95. The van der Waals surface area contributed by atoms with E-state index < -0.39 is 12.0 Å². The maximum atomic E-state index is 13.7. The van der Waals surface area contributed by atoms with Gasteiger partial charge in [-0.05, 0) is 62.2 Å². The van der Waals surface area contributed by atoms with Gasteiger partial charge in [-0.2, -0.15) is 0 Å². The molecular formula is C25H24BrN3O5S. The third-order valence-corrected chi connectivity index (χ3v) is 7.07. The predicted octanol–water partition coefficient (Wildman–Crippen LogP) is 3.36. The average molecular weight is 558 g/mol. The van der Waals surface area contributed by atoms with Crippen molar-refractivity contribution >= 4 is 39.3 Å². The Morgan fingerprint density at radius 3 is 2.60 bits per heavy atom. The van der Waals surface area contributed by atoms with Crippen LogP contribution in [0, 0.1) is 0 Å². The summed E-state index contributed by atoms with van der Waals surface area (Å²) >= 11 is 4.88. The number of esters is 1. The summed E-state index contributed by atoms with van der Waals surface area (Å²) in [4.78, 5) is 35.9. The van der Waals surface area contributed by atoms with E-state index in [2.05, 4.69) is 25.9 Å². The summed E-state index contributed by atoms with van der Waals surface area (Å²) in [5, 5.41) is 0. The van der Waals surface area contributed by atoms with Gasteiger partial charge in [0.1, 0.15) is 0 Å². The highest BCUT2D eigenvalue weighted by Gasteiger charge is 2.35. The standard InChI is InChI=1S/C25H24BrN3O5S/c1-5-33-19-13-17(26)16(12-18(19)32-4)22-21(24(31)34-6-2)14(3)28-25-29(22)23(30)20(35-25)11-15-7-9-27-10-8-15/h7-13,22H,5-6H2,1-4H3/b20-11+/t22-/m1/s1. The van der Waals surface area contributed by atoms with Crippen LogP contribution < -0.4 is 24.4 Å². The first-order chi connectivity index (χ1) is 16.9. The van der Waals surface area contributed by atoms with Crippen molar-refractivity contribution in [2.45, 2.75) is 26.8 Å². The van der Waals surface area contributed by atoms with Crippen LogP contribution in [0.5, 0.6) is 11.5 Å². The fraction of sp³-hybridized carbons (Fsp3) is 0.280. The van der Waals surface area contributed by atoms with Crippen molar-refractivity contribution in [2.24, 2.45) is 4.99 Å². The number of thiazole rings is 1. The van der Waals surface area contributed by atoms with Gasteiger partial charge >= 0.3 is 5.97 Å². The Balaban J connectivity index is 2.00. The molecular weight excluding hydrogens is 534 g/mol. The molecule has 0 spiro atoms. The molecule has 8 nitrogen and oxygen atoms in total. The number of carbonyl (C=O) groups is 1. The lowest BCUT2D eigenvalue weighted by Crippen LogP contribution is -2.40. The third kappa shape index (κ3) is 4.81. The third-order valence-electron chi connectivity index (χ3n) is 5.40. The molecule has 0 bridgehead atoms. The first kappa shape index (κ1) is 24.9. The van der Waals surface area contributed by atoms with Crippen molar-refractivity contribution in [3.05, 3.63) is 83.2 Å². The van der Waals surface area contributed by atoms with Crippen LogP contribution in [0.3, 0.4) is 0 Å². The van der Waals surface area contributed by atoms with Crippen molar-refractivity contribution in [2.75, 3.05) is 20.3 Å². The molecule has 182 valence electrons. The summed E-state index contributed by atoms with van der Waals surface area (Å²) in [5.41, 5.74) is 2.02. The van der Waals surface area contributed by atoms with Gasteiger partial charge in [-0.15, -0.1) is 0 Å². The first-order valence-corrected chi connectivity index (χ1v) is 12.6. The second-order valence-electron chi connectivity index (χ2n) is 7.54. The summed E-state index contributed by atoms with van der Waals surface area (Å²) < 4.78 is 19.3. The zero-order chi connectivity index (χ0) is 25.1. The van der Waals surface area contributed by atoms with E-state index in [4.69, 9.17) is 14.2 Å². The molecule has 0 fully saturated rings. The van der Waals surface area contributed by atoms with Gasteiger partial charge in [0, 0.05) is 16.9 Å². The van der Waals surface area contributed by atoms with Crippen LogP contribution in [0.4, 0.5) is 0 Å². The van der Waals surface area contributed by atoms with Crippen LogP contribution in [0.15, 0.2) is 62.2 Å². The number of benzene rings is 1. The molecule has 0 saturated heterocycles. The number of halogens is 1. The number of aromatic nitrogens is 2. The van der Waals surface area contributed by atoms with Crippen molar-refractivity contribution in [1.82, 2.24) is 9.55 Å². The largest absolute Gasteiger partial charge is 0.493 e. The van der Waals surface area contributed by atoms with Gasteiger partial charge in [-0.25, -0.2) is 9.79 Å². The molecule has 0 unspecified atom stereocenters. The SMILES string of the molecule is CCOC(=O)C1=C(C)N=c2s/c(=C/c3ccncc3)c(=O)n2[C@@H]1c1cc(OC)c(OCC)cc1Br. The lowest BCUT2D eigenvalue weighted by molar-refractivity contribution is -0.139. The first-order valence-electron chi connectivity index (χ1n) is 11.0. The number of ether oxygens (including phenoxy) is 3. The molecule has 10 heteroatoms. The van der Waals surface area contributed by atoms with Crippen LogP contribution in [0.1, 0.15) is 37.9 Å². The molecule has 4 rings (SSSR count). The highest BCUT2D eigenvalue weighted by Crippen LogP contribution is 2.40. The number of allylic oxidation sites excluding steroid dienone is 1. The molecule has 1 atom stereocenters. The molecule has 3 heterocycles. The molecule has 1 aliphatic heterocycles. The monoisotopic (exact) mass is 557 g/mol. The van der Waals surface area contributed by atoms with E-state index in [1.54, 1.807) is 51.6 Å². The summed E-state index contributed by atoms with van der Waals surface area (Å²) in [6, 6.07) is 6.42. The Morgan fingerprint density at radius 2 is 1.94 bits per heavy atom. The van der Waals surface area contributed by atoms with E-state index in [9.17, 15) is 9.59 Å². The van der Waals surface area contributed by atoms with Crippen molar-refractivity contribution in [3.8, 4) is 11.5 Å². The van der Waals surface area contributed by atoms with E-state index >= 15 is 0 Å². The second-order valence-corrected chi connectivity index (χ2v) is 9.40. The fourth-order valence-electron chi connectivity index (χ4n) is 3.89. The molecule has 0 radical (unpaired) electrons. The number of methoxy groups -OCH3 is 1. The van der Waals surface area contributed by atoms with Gasteiger partial charge in [0.05, 0.1) is 42.2 Å². The van der Waals surface area contributed by atoms with Crippen LogP contribution >= 0.6 is 27.3 Å². The number of hydrogen-bond donors (Lipinski definition) is 0. The molecule has 0 N–H and O–H groups in total. The quantitative estimate of drug-likeness (QED) is 0.413.